The molecule has 0 unspecified atom stereocenters. The zero-order valence-electron chi connectivity index (χ0n) is 7.75. The van der Waals surface area contributed by atoms with E-state index in [1.165, 1.54) is 0 Å². The average Bonchev–Trinajstić information content (AvgIpc) is 2.24. The van der Waals surface area contributed by atoms with Gasteiger partial charge in [0.05, 0.1) is 0 Å². The summed E-state index contributed by atoms with van der Waals surface area (Å²) in [4.78, 5) is 3.73. The maximum atomic E-state index is 12.2. The molecule has 0 spiro atoms. The first-order valence-electron chi connectivity index (χ1n) is 4.28. The minimum absolute atomic E-state index is 0.155. The van der Waals surface area contributed by atoms with Gasteiger partial charge in [-0.05, 0) is 0 Å². The summed E-state index contributed by atoms with van der Waals surface area (Å²) in [6, 6.07) is 6.63. The summed E-state index contributed by atoms with van der Waals surface area (Å²) in [6.07, 6.45) is 0. The highest BCUT2D eigenvalue weighted by molar-refractivity contribution is 6.37. The summed E-state index contributed by atoms with van der Waals surface area (Å²) in [5.41, 5.74) is 0. The molecule has 1 aromatic carbocycles. The van der Waals surface area contributed by atoms with Gasteiger partial charge in [0.1, 0.15) is 5.15 Å². The van der Waals surface area contributed by atoms with Crippen LogP contribution in [0.4, 0.5) is 8.78 Å². The number of nitrogens with zero attached hydrogens (tertiary/aromatic N) is 1. The van der Waals surface area contributed by atoms with Crippen molar-refractivity contribution in [1.29, 1.82) is 0 Å². The first-order valence-corrected chi connectivity index (χ1v) is 5.03. The van der Waals surface area contributed by atoms with Crippen molar-refractivity contribution in [2.75, 3.05) is 0 Å². The van der Waals surface area contributed by atoms with Crippen LogP contribution in [0.5, 0.6) is 5.75 Å². The first-order chi connectivity index (χ1) is 7.59. The second kappa shape index (κ2) is 4.39. The minimum Gasteiger partial charge on any atom is -0.431 e. The lowest BCUT2D eigenvalue weighted by atomic mass is 10.2. The highest BCUT2D eigenvalue weighted by atomic mass is 35.5. The number of hydrogen-bond acceptors (Lipinski definition) is 2. The van der Waals surface area contributed by atoms with Crippen molar-refractivity contribution in [3.05, 3.63) is 34.6 Å². The Bertz CT molecular complexity index is 533. The Morgan fingerprint density at radius 2 is 1.69 bits per heavy atom. The standard InChI is InChI=1S/C10H5Cl2F2NO/c11-8-6-4-2-1-3-5(6)7(9(12)15-8)16-10(13)14/h1-4,10H. The van der Waals surface area contributed by atoms with Crippen LogP contribution in [-0.4, -0.2) is 11.6 Å². The molecule has 0 aliphatic carbocycles. The average molecular weight is 264 g/mol. The van der Waals surface area contributed by atoms with Crippen molar-refractivity contribution in [3.8, 4) is 5.75 Å². The predicted octanol–water partition coefficient (Wildman–Crippen LogP) is 4.14. The SMILES string of the molecule is FC(F)Oc1c(Cl)nc(Cl)c2ccccc12. The van der Waals surface area contributed by atoms with E-state index in [1.54, 1.807) is 24.3 Å². The maximum Gasteiger partial charge on any atom is 0.387 e. The number of aromatic nitrogens is 1. The molecule has 0 N–H and O–H groups in total. The van der Waals surface area contributed by atoms with Crippen LogP contribution in [0.25, 0.3) is 10.8 Å². The zero-order valence-corrected chi connectivity index (χ0v) is 9.27. The third-order valence-corrected chi connectivity index (χ3v) is 2.53. The molecule has 2 aromatic rings. The molecule has 16 heavy (non-hydrogen) atoms. The second-order valence-corrected chi connectivity index (χ2v) is 3.66. The first kappa shape index (κ1) is 11.4. The number of pyridine rings is 1. The molecule has 0 aliphatic heterocycles. The van der Waals surface area contributed by atoms with Gasteiger partial charge in [0.15, 0.2) is 10.9 Å². The van der Waals surface area contributed by atoms with E-state index in [-0.39, 0.29) is 16.1 Å². The second-order valence-electron chi connectivity index (χ2n) is 2.95. The Kier molecular flexibility index (Phi) is 3.12. The van der Waals surface area contributed by atoms with Crippen LogP contribution in [0.3, 0.4) is 0 Å². The van der Waals surface area contributed by atoms with Crippen molar-refractivity contribution in [2.24, 2.45) is 0 Å². The molecule has 0 bridgehead atoms. The number of hydrogen-bond donors (Lipinski definition) is 0. The van der Waals surface area contributed by atoms with E-state index in [1.807, 2.05) is 0 Å². The van der Waals surface area contributed by atoms with E-state index in [4.69, 9.17) is 23.2 Å². The molecule has 1 aromatic heterocycles. The van der Waals surface area contributed by atoms with Crippen molar-refractivity contribution in [1.82, 2.24) is 4.98 Å². The highest BCUT2D eigenvalue weighted by Gasteiger charge is 2.15. The van der Waals surface area contributed by atoms with Gasteiger partial charge >= 0.3 is 6.61 Å². The largest absolute Gasteiger partial charge is 0.431 e. The van der Waals surface area contributed by atoms with Gasteiger partial charge in [-0.15, -0.1) is 0 Å². The van der Waals surface area contributed by atoms with E-state index >= 15 is 0 Å². The van der Waals surface area contributed by atoms with Crippen LogP contribution in [-0.2, 0) is 0 Å². The Morgan fingerprint density at radius 1 is 1.06 bits per heavy atom. The van der Waals surface area contributed by atoms with Crippen LogP contribution < -0.4 is 4.74 Å². The van der Waals surface area contributed by atoms with Crippen LogP contribution in [0.15, 0.2) is 24.3 Å². The molecule has 2 nitrogen and oxygen atoms in total. The summed E-state index contributed by atoms with van der Waals surface area (Å²) in [5, 5.41) is 0.906. The molecule has 84 valence electrons. The Morgan fingerprint density at radius 3 is 2.31 bits per heavy atom. The number of rotatable bonds is 2. The van der Waals surface area contributed by atoms with Gasteiger partial charge in [0, 0.05) is 10.8 Å². The topological polar surface area (TPSA) is 22.1 Å². The molecule has 2 rings (SSSR count). The van der Waals surface area contributed by atoms with Gasteiger partial charge in [-0.25, -0.2) is 4.98 Å². The summed E-state index contributed by atoms with van der Waals surface area (Å²) >= 11 is 11.5. The van der Waals surface area contributed by atoms with Crippen molar-refractivity contribution < 1.29 is 13.5 Å². The minimum atomic E-state index is -2.95. The van der Waals surface area contributed by atoms with Crippen molar-refractivity contribution >= 4 is 34.0 Å². The van der Waals surface area contributed by atoms with Gasteiger partial charge in [-0.2, -0.15) is 8.78 Å². The van der Waals surface area contributed by atoms with Crippen LogP contribution in [0, 0.1) is 0 Å². The summed E-state index contributed by atoms with van der Waals surface area (Å²) in [7, 11) is 0. The quantitative estimate of drug-likeness (QED) is 0.760. The van der Waals surface area contributed by atoms with Gasteiger partial charge in [-0.3, -0.25) is 0 Å². The molecule has 0 saturated carbocycles. The monoisotopic (exact) mass is 263 g/mol. The Balaban J connectivity index is 2.71. The summed E-state index contributed by atoms with van der Waals surface area (Å²) in [6.45, 7) is -2.95. The number of alkyl halides is 2. The Hall–Kier alpha value is -1.13. The molecular weight excluding hydrogens is 259 g/mol. The van der Waals surface area contributed by atoms with Crippen molar-refractivity contribution in [3.63, 3.8) is 0 Å². The molecule has 0 radical (unpaired) electrons. The third kappa shape index (κ3) is 2.03. The molecule has 0 amide bonds. The maximum absolute atomic E-state index is 12.2. The molecule has 0 fully saturated rings. The molecule has 0 saturated heterocycles. The van der Waals surface area contributed by atoms with Crippen LogP contribution in [0.1, 0.15) is 0 Å². The zero-order chi connectivity index (χ0) is 11.7. The summed E-state index contributed by atoms with van der Waals surface area (Å²) in [5.74, 6) is -0.156. The smallest absolute Gasteiger partial charge is 0.387 e. The lowest BCUT2D eigenvalue weighted by Gasteiger charge is -2.10. The number of fused-ring (bicyclic) bond motifs is 1. The fourth-order valence-electron chi connectivity index (χ4n) is 1.37. The molecule has 0 aliphatic rings. The molecule has 6 heteroatoms. The number of halogens is 4. The van der Waals surface area contributed by atoms with Crippen LogP contribution in [0.2, 0.25) is 10.3 Å². The summed E-state index contributed by atoms with van der Waals surface area (Å²) < 4.78 is 28.7. The fourth-order valence-corrected chi connectivity index (χ4v) is 1.89. The molecular formula is C10H5Cl2F2NO. The molecule has 0 atom stereocenters. The van der Waals surface area contributed by atoms with Crippen molar-refractivity contribution in [2.45, 2.75) is 6.61 Å². The van der Waals surface area contributed by atoms with E-state index in [2.05, 4.69) is 9.72 Å². The van der Waals surface area contributed by atoms with E-state index in [0.29, 0.717) is 10.8 Å². The highest BCUT2D eigenvalue weighted by Crippen LogP contribution is 2.36. The van der Waals surface area contributed by atoms with Crippen LogP contribution >= 0.6 is 23.2 Å². The fraction of sp³-hybridized carbons (Fsp3) is 0.100. The normalized spacial score (nSPS) is 11.1. The van der Waals surface area contributed by atoms with E-state index < -0.39 is 6.61 Å². The third-order valence-electron chi connectivity index (χ3n) is 1.98. The Labute approximate surface area is 99.7 Å². The van der Waals surface area contributed by atoms with Gasteiger partial charge < -0.3 is 4.74 Å². The van der Waals surface area contributed by atoms with Gasteiger partial charge in [0.2, 0.25) is 0 Å². The van der Waals surface area contributed by atoms with E-state index in [0.717, 1.165) is 0 Å². The lowest BCUT2D eigenvalue weighted by molar-refractivity contribution is -0.0489. The van der Waals surface area contributed by atoms with E-state index in [9.17, 15) is 8.78 Å². The predicted molar refractivity (Wildman–Crippen MR) is 58.4 cm³/mol. The number of ether oxygens (including phenoxy) is 1. The van der Waals surface area contributed by atoms with Gasteiger partial charge in [-0.1, -0.05) is 47.5 Å². The molecule has 1 heterocycles. The van der Waals surface area contributed by atoms with Gasteiger partial charge in [0.25, 0.3) is 0 Å². The lowest BCUT2D eigenvalue weighted by Crippen LogP contribution is -2.03. The number of benzene rings is 1.